The Bertz CT molecular complexity index is 666. The fourth-order valence-electron chi connectivity index (χ4n) is 2.77. The van der Waals surface area contributed by atoms with E-state index in [2.05, 4.69) is 49.9 Å². The number of ether oxygens (including phenoxy) is 1. The van der Waals surface area contributed by atoms with E-state index in [1.54, 1.807) is 0 Å². The monoisotopic (exact) mass is 314 g/mol. The molecule has 124 valence electrons. The van der Waals surface area contributed by atoms with Crippen molar-refractivity contribution >= 4 is 5.82 Å². The molecule has 1 aromatic heterocycles. The highest BCUT2D eigenvalue weighted by atomic mass is 16.5. The first kappa shape index (κ1) is 16.0. The molecule has 1 aromatic carbocycles. The van der Waals surface area contributed by atoms with Gasteiger partial charge in [0.1, 0.15) is 5.82 Å². The Balaban J connectivity index is 1.83. The van der Waals surface area contributed by atoms with Crippen LogP contribution in [-0.4, -0.2) is 41.0 Å². The third-order valence-corrected chi connectivity index (χ3v) is 4.17. The molecule has 1 fully saturated rings. The summed E-state index contributed by atoms with van der Waals surface area (Å²) in [4.78, 5) is 2.41. The summed E-state index contributed by atoms with van der Waals surface area (Å²) in [5.41, 5.74) is 9.47. The van der Waals surface area contributed by atoms with Crippen LogP contribution in [0.5, 0.6) is 0 Å². The van der Waals surface area contributed by atoms with Gasteiger partial charge in [0.2, 0.25) is 0 Å². The fourth-order valence-corrected chi connectivity index (χ4v) is 2.77. The lowest BCUT2D eigenvalue weighted by molar-refractivity contribution is 0.0342. The number of aromatic nitrogens is 2. The van der Waals surface area contributed by atoms with Gasteiger partial charge in [0.15, 0.2) is 0 Å². The van der Waals surface area contributed by atoms with Crippen LogP contribution in [0.1, 0.15) is 32.0 Å². The molecule has 5 nitrogen and oxygen atoms in total. The van der Waals surface area contributed by atoms with Crippen LogP contribution in [0, 0.1) is 0 Å². The minimum atomic E-state index is -0.00915. The molecule has 1 saturated heterocycles. The zero-order valence-electron chi connectivity index (χ0n) is 14.2. The number of anilines is 1. The molecule has 3 rings (SSSR count). The molecular formula is C18H26N4O. The maximum atomic E-state index is 6.18. The quantitative estimate of drug-likeness (QED) is 0.946. The Labute approximate surface area is 138 Å². The first-order chi connectivity index (χ1) is 10.9. The van der Waals surface area contributed by atoms with Crippen molar-refractivity contribution in [1.82, 2.24) is 14.7 Å². The zero-order valence-corrected chi connectivity index (χ0v) is 14.2. The molecule has 1 aliphatic rings. The third kappa shape index (κ3) is 3.74. The van der Waals surface area contributed by atoms with Gasteiger partial charge in [-0.05, 0) is 17.7 Å². The largest absolute Gasteiger partial charge is 0.384 e. The highest BCUT2D eigenvalue weighted by Crippen LogP contribution is 2.25. The Hall–Kier alpha value is -1.85. The van der Waals surface area contributed by atoms with E-state index in [-0.39, 0.29) is 5.41 Å². The van der Waals surface area contributed by atoms with Gasteiger partial charge in [0, 0.05) is 31.1 Å². The molecule has 2 N–H and O–H groups in total. The molecule has 23 heavy (non-hydrogen) atoms. The van der Waals surface area contributed by atoms with Crippen LogP contribution in [0.2, 0.25) is 0 Å². The van der Waals surface area contributed by atoms with Crippen molar-refractivity contribution in [3.63, 3.8) is 0 Å². The van der Waals surface area contributed by atoms with Crippen LogP contribution in [0.4, 0.5) is 5.82 Å². The van der Waals surface area contributed by atoms with Gasteiger partial charge < -0.3 is 10.5 Å². The van der Waals surface area contributed by atoms with Gasteiger partial charge in [-0.1, -0.05) is 32.9 Å². The highest BCUT2D eigenvalue weighted by Gasteiger charge is 2.19. The second kappa shape index (κ2) is 6.34. The molecule has 2 aromatic rings. The second-order valence-corrected chi connectivity index (χ2v) is 7.17. The maximum absolute atomic E-state index is 6.18. The maximum Gasteiger partial charge on any atom is 0.127 e. The average molecular weight is 314 g/mol. The molecule has 0 saturated carbocycles. The lowest BCUT2D eigenvalue weighted by Gasteiger charge is -2.26. The summed E-state index contributed by atoms with van der Waals surface area (Å²) in [7, 11) is 0. The number of benzene rings is 1. The van der Waals surface area contributed by atoms with E-state index in [1.165, 1.54) is 5.56 Å². The summed E-state index contributed by atoms with van der Waals surface area (Å²) in [5.74, 6) is 0.679. The molecule has 0 aliphatic carbocycles. The van der Waals surface area contributed by atoms with E-state index in [0.717, 1.165) is 44.2 Å². The zero-order chi connectivity index (χ0) is 16.4. The number of nitrogens with two attached hydrogens (primary N) is 1. The number of hydrogen-bond acceptors (Lipinski definition) is 4. The number of nitrogen functional groups attached to an aromatic ring is 1. The van der Waals surface area contributed by atoms with E-state index in [1.807, 2.05) is 10.7 Å². The van der Waals surface area contributed by atoms with Crippen molar-refractivity contribution in [3.8, 4) is 5.69 Å². The molecule has 0 unspecified atom stereocenters. The predicted molar refractivity (Wildman–Crippen MR) is 92.8 cm³/mol. The Morgan fingerprint density at radius 2 is 1.91 bits per heavy atom. The van der Waals surface area contributed by atoms with E-state index >= 15 is 0 Å². The van der Waals surface area contributed by atoms with E-state index in [0.29, 0.717) is 5.82 Å². The van der Waals surface area contributed by atoms with Crippen molar-refractivity contribution in [2.75, 3.05) is 32.0 Å². The third-order valence-electron chi connectivity index (χ3n) is 4.17. The van der Waals surface area contributed by atoms with Gasteiger partial charge in [0.25, 0.3) is 0 Å². The Morgan fingerprint density at radius 3 is 2.57 bits per heavy atom. The summed E-state index contributed by atoms with van der Waals surface area (Å²) in [6.45, 7) is 11.0. The van der Waals surface area contributed by atoms with Crippen LogP contribution in [0.3, 0.4) is 0 Å². The van der Waals surface area contributed by atoms with Crippen LogP contribution >= 0.6 is 0 Å². The van der Waals surface area contributed by atoms with E-state index in [9.17, 15) is 0 Å². The minimum Gasteiger partial charge on any atom is -0.384 e. The van der Waals surface area contributed by atoms with Crippen LogP contribution < -0.4 is 5.73 Å². The first-order valence-corrected chi connectivity index (χ1v) is 8.19. The number of hydrogen-bond donors (Lipinski definition) is 1. The molecule has 5 heteroatoms. The van der Waals surface area contributed by atoms with Gasteiger partial charge in [-0.25, -0.2) is 4.68 Å². The SMILES string of the molecule is CC(C)(C)c1cc(N)n(-c2cccc(CN3CCOCC3)c2)n1. The van der Waals surface area contributed by atoms with Gasteiger partial charge in [-0.2, -0.15) is 5.10 Å². The van der Waals surface area contributed by atoms with Crippen molar-refractivity contribution in [2.45, 2.75) is 32.7 Å². The molecule has 0 amide bonds. The molecule has 0 bridgehead atoms. The van der Waals surface area contributed by atoms with Crippen molar-refractivity contribution in [2.24, 2.45) is 0 Å². The number of morpholine rings is 1. The molecule has 0 radical (unpaired) electrons. The van der Waals surface area contributed by atoms with Crippen molar-refractivity contribution < 1.29 is 4.74 Å². The fraction of sp³-hybridized carbons (Fsp3) is 0.500. The summed E-state index contributed by atoms with van der Waals surface area (Å²) in [5, 5.41) is 4.70. The lowest BCUT2D eigenvalue weighted by Crippen LogP contribution is -2.35. The first-order valence-electron chi connectivity index (χ1n) is 8.19. The Morgan fingerprint density at radius 1 is 1.17 bits per heavy atom. The van der Waals surface area contributed by atoms with Gasteiger partial charge in [-0.3, -0.25) is 4.90 Å². The molecule has 0 atom stereocenters. The van der Waals surface area contributed by atoms with E-state index in [4.69, 9.17) is 15.6 Å². The van der Waals surface area contributed by atoms with Gasteiger partial charge in [0.05, 0.1) is 24.6 Å². The Kier molecular flexibility index (Phi) is 4.41. The van der Waals surface area contributed by atoms with Gasteiger partial charge in [-0.15, -0.1) is 0 Å². The molecule has 0 spiro atoms. The number of rotatable bonds is 3. The normalized spacial score (nSPS) is 16.7. The van der Waals surface area contributed by atoms with Crippen LogP contribution in [0.15, 0.2) is 30.3 Å². The summed E-state index contributed by atoms with van der Waals surface area (Å²) in [6.07, 6.45) is 0. The molecule has 1 aliphatic heterocycles. The second-order valence-electron chi connectivity index (χ2n) is 7.17. The van der Waals surface area contributed by atoms with Gasteiger partial charge >= 0.3 is 0 Å². The highest BCUT2D eigenvalue weighted by molar-refractivity contribution is 5.45. The summed E-state index contributed by atoms with van der Waals surface area (Å²) < 4.78 is 7.25. The average Bonchev–Trinajstić information content (AvgIpc) is 2.91. The van der Waals surface area contributed by atoms with Crippen molar-refractivity contribution in [1.29, 1.82) is 0 Å². The molecule has 2 heterocycles. The summed E-state index contributed by atoms with van der Waals surface area (Å²) in [6, 6.07) is 10.4. The van der Waals surface area contributed by atoms with Crippen molar-refractivity contribution in [3.05, 3.63) is 41.6 Å². The number of nitrogens with zero attached hydrogens (tertiary/aromatic N) is 3. The van der Waals surface area contributed by atoms with Crippen LogP contribution in [0.25, 0.3) is 5.69 Å². The lowest BCUT2D eigenvalue weighted by atomic mass is 9.92. The van der Waals surface area contributed by atoms with Crippen LogP contribution in [-0.2, 0) is 16.7 Å². The minimum absolute atomic E-state index is 0.00915. The topological polar surface area (TPSA) is 56.3 Å². The smallest absolute Gasteiger partial charge is 0.127 e. The standard InChI is InChI=1S/C18H26N4O/c1-18(2,3)16-12-17(19)22(20-16)15-6-4-5-14(11-15)13-21-7-9-23-10-8-21/h4-6,11-12H,7-10,13,19H2,1-3H3. The molecular weight excluding hydrogens is 288 g/mol. The predicted octanol–water partition coefficient (Wildman–Crippen LogP) is 2.58. The summed E-state index contributed by atoms with van der Waals surface area (Å²) >= 11 is 0. The van der Waals surface area contributed by atoms with E-state index < -0.39 is 0 Å².